The van der Waals surface area contributed by atoms with Crippen LogP contribution in [0.5, 0.6) is 11.8 Å². The Balaban J connectivity index is 1.10. The number of carbonyl (C=O) groups is 1. The van der Waals surface area contributed by atoms with Crippen LogP contribution in [0.3, 0.4) is 0 Å². The molecule has 1 N–H and O–H groups in total. The van der Waals surface area contributed by atoms with E-state index in [2.05, 4.69) is 25.7 Å². The molecule has 2 aromatic heterocycles. The molecular formula is C40H40F4N6O5. The number of hydrogen-bond acceptors (Lipinski definition) is 11. The summed E-state index contributed by atoms with van der Waals surface area (Å²) in [5.74, 6) is -1.71. The number of halogens is 4. The largest absolute Gasteiger partial charge is 0.509 e. The molecule has 1 aliphatic carbocycles. The third-order valence-corrected chi connectivity index (χ3v) is 12.3. The van der Waals surface area contributed by atoms with Crippen molar-refractivity contribution in [3.63, 3.8) is 0 Å². The van der Waals surface area contributed by atoms with Crippen LogP contribution in [0.1, 0.15) is 57.9 Å². The number of benzene rings is 2. The quantitative estimate of drug-likeness (QED) is 0.119. The number of aromatic nitrogens is 3. The minimum Gasteiger partial charge on any atom is -0.508 e. The fraction of sp³-hybridized carbons (Fsp3) is 0.500. The fourth-order valence-corrected chi connectivity index (χ4v) is 9.65. The molecule has 2 aromatic carbocycles. The van der Waals surface area contributed by atoms with Gasteiger partial charge in [-0.05, 0) is 76.1 Å². The van der Waals surface area contributed by atoms with Crippen LogP contribution in [0, 0.1) is 29.4 Å². The van der Waals surface area contributed by atoms with Crippen molar-refractivity contribution in [3.8, 4) is 35.4 Å². The highest BCUT2D eigenvalue weighted by atomic mass is 19.3. The van der Waals surface area contributed by atoms with Crippen LogP contribution in [0.2, 0.25) is 0 Å². The lowest BCUT2D eigenvalue weighted by atomic mass is 9.89. The van der Waals surface area contributed by atoms with E-state index in [9.17, 15) is 23.1 Å². The number of pyridine rings is 1. The zero-order chi connectivity index (χ0) is 38.4. The number of piperazine rings is 1. The highest BCUT2D eigenvalue weighted by Gasteiger charge is 2.77. The van der Waals surface area contributed by atoms with Gasteiger partial charge in [0.1, 0.15) is 41.9 Å². The number of aromatic hydroxyl groups is 1. The van der Waals surface area contributed by atoms with Crippen LogP contribution < -0.4 is 9.64 Å². The first-order chi connectivity index (χ1) is 26.3. The minimum atomic E-state index is -2.71. The van der Waals surface area contributed by atoms with Gasteiger partial charge in [-0.3, -0.25) is 14.8 Å². The van der Waals surface area contributed by atoms with E-state index >= 15 is 4.39 Å². The van der Waals surface area contributed by atoms with Crippen LogP contribution in [0.15, 0.2) is 30.5 Å². The molecule has 4 saturated heterocycles. The van der Waals surface area contributed by atoms with Crippen molar-refractivity contribution in [3.05, 3.63) is 47.7 Å². The Morgan fingerprint density at radius 1 is 1.13 bits per heavy atom. The van der Waals surface area contributed by atoms with Crippen molar-refractivity contribution < 1.29 is 41.7 Å². The van der Waals surface area contributed by atoms with Gasteiger partial charge in [-0.1, -0.05) is 12.0 Å². The molecule has 9 rings (SSSR count). The molecule has 288 valence electrons. The molecule has 4 aliphatic heterocycles. The van der Waals surface area contributed by atoms with E-state index in [1.54, 1.807) is 13.8 Å². The SMILES string of the molecule is C#Cc1c(F)ccc2cc(O)cc(-c3ncc4c(N5CC6CCC(C5)N6COC(=O)OC(C)C)nc(OCC56CCCN5CC5(C6)CC5(F)F)nc4c3F)c12. The van der Waals surface area contributed by atoms with Gasteiger partial charge in [-0.2, -0.15) is 9.97 Å². The van der Waals surface area contributed by atoms with Crippen molar-refractivity contribution in [2.75, 3.05) is 44.4 Å². The Morgan fingerprint density at radius 2 is 1.89 bits per heavy atom. The monoisotopic (exact) mass is 760 g/mol. The molecule has 5 aliphatic rings. The maximum absolute atomic E-state index is 17.1. The van der Waals surface area contributed by atoms with E-state index in [-0.39, 0.29) is 77.4 Å². The average molecular weight is 761 g/mol. The van der Waals surface area contributed by atoms with Crippen molar-refractivity contribution in [2.45, 2.75) is 82.0 Å². The summed E-state index contributed by atoms with van der Waals surface area (Å²) in [7, 11) is 0. The maximum Gasteiger partial charge on any atom is 0.509 e. The summed E-state index contributed by atoms with van der Waals surface area (Å²) in [6, 6.07) is 5.17. The summed E-state index contributed by atoms with van der Waals surface area (Å²) >= 11 is 0. The van der Waals surface area contributed by atoms with Crippen LogP contribution in [-0.2, 0) is 9.47 Å². The Labute approximate surface area is 314 Å². The van der Waals surface area contributed by atoms with E-state index in [1.165, 1.54) is 30.5 Å². The van der Waals surface area contributed by atoms with Gasteiger partial charge >= 0.3 is 12.2 Å². The molecule has 55 heavy (non-hydrogen) atoms. The lowest BCUT2D eigenvalue weighted by Gasteiger charge is -2.41. The number of phenols is 1. The molecule has 0 amide bonds. The molecule has 2 bridgehead atoms. The molecule has 4 atom stereocenters. The summed E-state index contributed by atoms with van der Waals surface area (Å²) in [5.41, 5.74) is -2.02. The summed E-state index contributed by atoms with van der Waals surface area (Å²) in [6.45, 7) is 5.53. The van der Waals surface area contributed by atoms with Gasteiger partial charge < -0.3 is 24.2 Å². The van der Waals surface area contributed by atoms with Gasteiger partial charge in [0, 0.05) is 55.3 Å². The zero-order valence-corrected chi connectivity index (χ0v) is 30.5. The van der Waals surface area contributed by atoms with Crippen LogP contribution in [0.25, 0.3) is 32.9 Å². The standard InChI is InChI=1S/C40H40F4N6O5/c1-4-27-30(41)9-6-23-12-26(51)13-28(31(23)27)33-32(42)34-29(14-45-33)35(48-15-24-7-8-25(16-48)50(24)21-54-37(52)55-22(2)3)47-36(46-34)53-20-39-10-5-11-49(39)19-38(17-39)18-40(38,43)44/h1,6,9,12-14,22,24-25,51H,5,7-8,10-11,15-21H2,2-3H3. The lowest BCUT2D eigenvalue weighted by molar-refractivity contribution is -0.0178. The number of carbonyl (C=O) groups excluding carboxylic acids is 1. The van der Waals surface area contributed by atoms with Gasteiger partial charge in [-0.25, -0.2) is 22.4 Å². The fourth-order valence-electron chi connectivity index (χ4n) is 9.65. The van der Waals surface area contributed by atoms with E-state index in [0.717, 1.165) is 19.3 Å². The number of hydrogen-bond donors (Lipinski definition) is 1. The Bertz CT molecular complexity index is 2270. The number of anilines is 1. The van der Waals surface area contributed by atoms with E-state index in [1.807, 2.05) is 4.90 Å². The van der Waals surface area contributed by atoms with Gasteiger partial charge in [0.05, 0.1) is 28.0 Å². The van der Waals surface area contributed by atoms with Crippen molar-refractivity contribution >= 4 is 33.6 Å². The number of phenolic OH excluding ortho intramolecular Hbond substituents is 1. The second kappa shape index (κ2) is 12.8. The average Bonchev–Trinajstić information content (AvgIpc) is 3.38. The second-order valence-electron chi connectivity index (χ2n) is 16.0. The van der Waals surface area contributed by atoms with Gasteiger partial charge in [0.15, 0.2) is 5.82 Å². The van der Waals surface area contributed by atoms with E-state index < -0.39 is 34.7 Å². The van der Waals surface area contributed by atoms with Crippen molar-refractivity contribution in [1.82, 2.24) is 24.8 Å². The highest BCUT2D eigenvalue weighted by molar-refractivity contribution is 6.03. The van der Waals surface area contributed by atoms with E-state index in [0.29, 0.717) is 55.6 Å². The van der Waals surface area contributed by atoms with Crippen molar-refractivity contribution in [2.24, 2.45) is 5.41 Å². The first-order valence-electron chi connectivity index (χ1n) is 18.7. The number of alkyl halides is 2. The van der Waals surface area contributed by atoms with Crippen LogP contribution in [-0.4, -0.2) is 105 Å². The Hall–Kier alpha value is -4.94. The third kappa shape index (κ3) is 5.87. The predicted molar refractivity (Wildman–Crippen MR) is 194 cm³/mol. The first-order valence-corrected chi connectivity index (χ1v) is 18.7. The first kappa shape index (κ1) is 35.7. The maximum atomic E-state index is 17.1. The zero-order valence-electron chi connectivity index (χ0n) is 30.5. The molecule has 1 saturated carbocycles. The summed E-state index contributed by atoms with van der Waals surface area (Å²) < 4.78 is 78.2. The van der Waals surface area contributed by atoms with Gasteiger partial charge in [-0.15, -0.1) is 6.42 Å². The molecular weight excluding hydrogens is 720 g/mol. The summed E-state index contributed by atoms with van der Waals surface area (Å²) in [4.78, 5) is 32.3. The minimum absolute atomic E-state index is 0.0198. The molecule has 6 heterocycles. The third-order valence-electron chi connectivity index (χ3n) is 12.3. The van der Waals surface area contributed by atoms with E-state index in [4.69, 9.17) is 25.6 Å². The van der Waals surface area contributed by atoms with Gasteiger partial charge in [0.2, 0.25) is 0 Å². The molecule has 4 unspecified atom stereocenters. The normalized spacial score (nSPS) is 26.9. The molecule has 4 aromatic rings. The number of fused-ring (bicyclic) bond motifs is 5. The number of ether oxygens (including phenoxy) is 3. The molecule has 1 spiro atoms. The number of rotatable bonds is 8. The molecule has 15 heteroatoms. The highest BCUT2D eigenvalue weighted by Crippen LogP contribution is 2.69. The second-order valence-corrected chi connectivity index (χ2v) is 16.0. The summed E-state index contributed by atoms with van der Waals surface area (Å²) in [5, 5.41) is 11.5. The smallest absolute Gasteiger partial charge is 0.508 e. The topological polar surface area (TPSA) is 113 Å². The predicted octanol–water partition coefficient (Wildman–Crippen LogP) is 6.62. The summed E-state index contributed by atoms with van der Waals surface area (Å²) in [6.07, 6.45) is 9.46. The van der Waals surface area contributed by atoms with Crippen molar-refractivity contribution in [1.29, 1.82) is 0 Å². The van der Waals surface area contributed by atoms with Crippen LogP contribution in [0.4, 0.5) is 28.2 Å². The molecule has 0 radical (unpaired) electrons. The Kier molecular flexibility index (Phi) is 8.32. The molecule has 5 fully saturated rings. The van der Waals surface area contributed by atoms with Crippen LogP contribution >= 0.6 is 0 Å². The van der Waals surface area contributed by atoms with Gasteiger partial charge in [0.25, 0.3) is 5.92 Å². The number of nitrogens with zero attached hydrogens (tertiary/aromatic N) is 6. The number of terminal acetylenes is 1. The molecule has 11 nitrogen and oxygen atoms in total. The Morgan fingerprint density at radius 3 is 2.60 bits per heavy atom. The lowest BCUT2D eigenvalue weighted by Crippen LogP contribution is -2.54.